The molecule has 1 aromatic heterocycles. The molecule has 0 radical (unpaired) electrons. The molecule has 0 bridgehead atoms. The molecule has 2 rings (SSSR count). The first-order valence-corrected chi connectivity index (χ1v) is 7.80. The van der Waals surface area contributed by atoms with Gasteiger partial charge in [0.05, 0.1) is 16.3 Å². The molecule has 0 aliphatic carbocycles. The molecular formula is C16H22N2OS. The Balaban J connectivity index is 2.02. The van der Waals surface area contributed by atoms with Crippen molar-refractivity contribution in [3.63, 3.8) is 0 Å². The summed E-state index contributed by atoms with van der Waals surface area (Å²) in [5.74, 6) is 0. The van der Waals surface area contributed by atoms with E-state index in [1.54, 1.807) is 11.3 Å². The molecule has 1 atom stereocenters. The van der Waals surface area contributed by atoms with Gasteiger partial charge in [0.25, 0.3) is 0 Å². The fraction of sp³-hybridized carbons (Fsp3) is 0.438. The number of thiazole rings is 1. The number of aromatic nitrogens is 1. The molecule has 0 aliphatic heterocycles. The maximum atomic E-state index is 10.4. The first kappa shape index (κ1) is 15.2. The van der Waals surface area contributed by atoms with Gasteiger partial charge in [-0.1, -0.05) is 44.2 Å². The third-order valence-corrected chi connectivity index (χ3v) is 3.89. The average Bonchev–Trinajstić information content (AvgIpc) is 2.85. The molecule has 0 aliphatic rings. The highest BCUT2D eigenvalue weighted by molar-refractivity contribution is 7.09. The SMILES string of the molecule is CC(C)NCC(C)(O)Cc1nc(-c2ccccc2)cs1. The van der Waals surface area contributed by atoms with Crippen molar-refractivity contribution in [3.05, 3.63) is 40.7 Å². The Morgan fingerprint density at radius 2 is 2.00 bits per heavy atom. The Labute approximate surface area is 124 Å². The second kappa shape index (κ2) is 6.48. The average molecular weight is 290 g/mol. The molecule has 0 fully saturated rings. The standard InChI is InChI=1S/C16H22N2OS/c1-12(2)17-11-16(3,19)9-15-18-14(10-20-15)13-7-5-4-6-8-13/h4-8,10,12,17,19H,9,11H2,1-3H3. The minimum absolute atomic E-state index is 0.373. The van der Waals surface area contributed by atoms with E-state index in [4.69, 9.17) is 0 Å². The van der Waals surface area contributed by atoms with E-state index >= 15 is 0 Å². The largest absolute Gasteiger partial charge is 0.388 e. The number of hydrogen-bond donors (Lipinski definition) is 2. The Bertz CT molecular complexity index is 534. The van der Waals surface area contributed by atoms with Crippen molar-refractivity contribution in [2.45, 2.75) is 38.8 Å². The Morgan fingerprint density at radius 3 is 2.65 bits per heavy atom. The third kappa shape index (κ3) is 4.40. The highest BCUT2D eigenvalue weighted by Gasteiger charge is 2.22. The third-order valence-electron chi connectivity index (χ3n) is 3.04. The van der Waals surface area contributed by atoms with Gasteiger partial charge in [0.2, 0.25) is 0 Å². The summed E-state index contributed by atoms with van der Waals surface area (Å²) in [5.41, 5.74) is 1.34. The van der Waals surface area contributed by atoms with E-state index in [1.807, 2.05) is 25.1 Å². The molecule has 108 valence electrons. The van der Waals surface area contributed by atoms with Crippen LogP contribution in [0.5, 0.6) is 0 Å². The lowest BCUT2D eigenvalue weighted by Crippen LogP contribution is -2.42. The van der Waals surface area contributed by atoms with Crippen LogP contribution in [0, 0.1) is 0 Å². The summed E-state index contributed by atoms with van der Waals surface area (Å²) in [6, 6.07) is 10.5. The molecule has 2 N–H and O–H groups in total. The monoisotopic (exact) mass is 290 g/mol. The van der Waals surface area contributed by atoms with Gasteiger partial charge in [-0.3, -0.25) is 0 Å². The molecule has 0 saturated carbocycles. The molecular weight excluding hydrogens is 268 g/mol. The second-order valence-corrected chi connectivity index (χ2v) is 6.64. The summed E-state index contributed by atoms with van der Waals surface area (Å²) in [7, 11) is 0. The van der Waals surface area contributed by atoms with Crippen LogP contribution in [0.3, 0.4) is 0 Å². The van der Waals surface area contributed by atoms with Crippen molar-refractivity contribution in [1.29, 1.82) is 0 Å². The molecule has 0 amide bonds. The van der Waals surface area contributed by atoms with E-state index in [9.17, 15) is 5.11 Å². The van der Waals surface area contributed by atoms with Gasteiger partial charge in [-0.05, 0) is 6.92 Å². The van der Waals surface area contributed by atoms with Crippen molar-refractivity contribution < 1.29 is 5.11 Å². The molecule has 1 aromatic carbocycles. The predicted molar refractivity (Wildman–Crippen MR) is 85.0 cm³/mol. The number of aliphatic hydroxyl groups is 1. The normalized spacial score (nSPS) is 14.4. The van der Waals surface area contributed by atoms with Crippen LogP contribution in [0.25, 0.3) is 11.3 Å². The number of nitrogens with zero attached hydrogens (tertiary/aromatic N) is 1. The summed E-state index contributed by atoms with van der Waals surface area (Å²) in [4.78, 5) is 4.62. The number of rotatable bonds is 6. The lowest BCUT2D eigenvalue weighted by Gasteiger charge is -2.24. The van der Waals surface area contributed by atoms with Crippen LogP contribution in [0.4, 0.5) is 0 Å². The minimum atomic E-state index is -0.768. The van der Waals surface area contributed by atoms with E-state index in [1.165, 1.54) is 0 Å². The molecule has 0 spiro atoms. The Hall–Kier alpha value is -1.23. The zero-order valence-electron chi connectivity index (χ0n) is 12.3. The molecule has 4 heteroatoms. The number of hydrogen-bond acceptors (Lipinski definition) is 4. The smallest absolute Gasteiger partial charge is 0.0961 e. The second-order valence-electron chi connectivity index (χ2n) is 5.70. The predicted octanol–water partition coefficient (Wildman–Crippen LogP) is 3.10. The molecule has 0 saturated heterocycles. The number of nitrogens with one attached hydrogen (secondary N) is 1. The van der Waals surface area contributed by atoms with Crippen molar-refractivity contribution in [2.24, 2.45) is 0 Å². The quantitative estimate of drug-likeness (QED) is 0.859. The van der Waals surface area contributed by atoms with Crippen LogP contribution in [-0.4, -0.2) is 28.3 Å². The van der Waals surface area contributed by atoms with Crippen molar-refractivity contribution in [2.75, 3.05) is 6.54 Å². The van der Waals surface area contributed by atoms with Crippen LogP contribution in [-0.2, 0) is 6.42 Å². The van der Waals surface area contributed by atoms with Crippen LogP contribution >= 0.6 is 11.3 Å². The van der Waals surface area contributed by atoms with Crippen LogP contribution in [0.1, 0.15) is 25.8 Å². The Kier molecular flexibility index (Phi) is 4.91. The summed E-state index contributed by atoms with van der Waals surface area (Å²) in [6.07, 6.45) is 0.574. The van der Waals surface area contributed by atoms with Crippen LogP contribution in [0.2, 0.25) is 0 Å². The molecule has 2 aromatic rings. The van der Waals surface area contributed by atoms with Crippen molar-refractivity contribution in [3.8, 4) is 11.3 Å². The highest BCUT2D eigenvalue weighted by atomic mass is 32.1. The minimum Gasteiger partial charge on any atom is -0.388 e. The number of benzene rings is 1. The molecule has 1 unspecified atom stereocenters. The van der Waals surface area contributed by atoms with Crippen molar-refractivity contribution in [1.82, 2.24) is 10.3 Å². The first-order valence-electron chi connectivity index (χ1n) is 6.92. The summed E-state index contributed by atoms with van der Waals surface area (Å²) >= 11 is 1.61. The van der Waals surface area contributed by atoms with E-state index < -0.39 is 5.60 Å². The topological polar surface area (TPSA) is 45.1 Å². The van der Waals surface area contributed by atoms with Crippen molar-refractivity contribution >= 4 is 11.3 Å². The van der Waals surface area contributed by atoms with Gasteiger partial charge in [0.1, 0.15) is 0 Å². The van der Waals surface area contributed by atoms with Gasteiger partial charge in [-0.2, -0.15) is 0 Å². The summed E-state index contributed by atoms with van der Waals surface area (Å²) < 4.78 is 0. The van der Waals surface area contributed by atoms with Gasteiger partial charge in [-0.25, -0.2) is 4.98 Å². The lowest BCUT2D eigenvalue weighted by atomic mass is 10.0. The molecule has 20 heavy (non-hydrogen) atoms. The first-order chi connectivity index (χ1) is 9.46. The maximum absolute atomic E-state index is 10.4. The van der Waals surface area contributed by atoms with Crippen LogP contribution < -0.4 is 5.32 Å². The fourth-order valence-electron chi connectivity index (χ4n) is 1.95. The van der Waals surface area contributed by atoms with E-state index in [2.05, 4.69) is 41.7 Å². The zero-order valence-corrected chi connectivity index (χ0v) is 13.1. The Morgan fingerprint density at radius 1 is 1.30 bits per heavy atom. The van der Waals surface area contributed by atoms with Gasteiger partial charge < -0.3 is 10.4 Å². The van der Waals surface area contributed by atoms with E-state index in [-0.39, 0.29) is 0 Å². The van der Waals surface area contributed by atoms with E-state index in [0.717, 1.165) is 16.3 Å². The zero-order chi connectivity index (χ0) is 14.6. The summed E-state index contributed by atoms with van der Waals surface area (Å²) in [5, 5.41) is 16.7. The molecule has 1 heterocycles. The van der Waals surface area contributed by atoms with Crippen LogP contribution in [0.15, 0.2) is 35.7 Å². The fourth-order valence-corrected chi connectivity index (χ4v) is 2.93. The summed E-state index contributed by atoms with van der Waals surface area (Å²) in [6.45, 7) is 6.58. The van der Waals surface area contributed by atoms with Gasteiger partial charge in [0, 0.05) is 30.0 Å². The van der Waals surface area contributed by atoms with Gasteiger partial charge in [-0.15, -0.1) is 11.3 Å². The van der Waals surface area contributed by atoms with E-state index in [0.29, 0.717) is 19.0 Å². The van der Waals surface area contributed by atoms with Gasteiger partial charge >= 0.3 is 0 Å². The maximum Gasteiger partial charge on any atom is 0.0961 e. The lowest BCUT2D eigenvalue weighted by molar-refractivity contribution is 0.0581. The highest BCUT2D eigenvalue weighted by Crippen LogP contribution is 2.24. The molecule has 3 nitrogen and oxygen atoms in total. The van der Waals surface area contributed by atoms with Gasteiger partial charge in [0.15, 0.2) is 0 Å².